The van der Waals surface area contributed by atoms with Gasteiger partial charge < -0.3 is 20.5 Å². The number of methoxy groups -OCH3 is 2. The van der Waals surface area contributed by atoms with Gasteiger partial charge in [0.1, 0.15) is 11.5 Å². The first-order valence-electron chi connectivity index (χ1n) is 8.45. The summed E-state index contributed by atoms with van der Waals surface area (Å²) in [5, 5.41) is 7.82. The summed E-state index contributed by atoms with van der Waals surface area (Å²) >= 11 is 0. The lowest BCUT2D eigenvalue weighted by atomic mass is 9.93. The molecule has 0 fully saturated rings. The predicted molar refractivity (Wildman–Crippen MR) is 99.5 cm³/mol. The summed E-state index contributed by atoms with van der Waals surface area (Å²) in [5.74, 6) is 2.55. The molecule has 7 heteroatoms. The van der Waals surface area contributed by atoms with E-state index in [-0.39, 0.29) is 18.0 Å². The molecule has 1 aliphatic heterocycles. The Hall–Kier alpha value is -3.22. The summed E-state index contributed by atoms with van der Waals surface area (Å²) in [6.07, 6.45) is 0.781. The normalized spacial score (nSPS) is 18.7. The molecule has 2 atom stereocenters. The minimum atomic E-state index is -0.0385. The third-order valence-electron chi connectivity index (χ3n) is 4.70. The number of ether oxygens (including phenoxy) is 2. The van der Waals surface area contributed by atoms with E-state index < -0.39 is 0 Å². The number of benzene rings is 2. The minimum absolute atomic E-state index is 0.0385. The Labute approximate surface area is 151 Å². The standard InChI is InChI=1S/C19H21N5O2/c1-25-13-7-5-6-12(10-13)15-11-16(14-8-3-4-9-17(14)26-2)24-19(21-15)22-18(20)23-24/h3-10,15-16H,11H2,1-2H3,(H3,20,21,22,23)/t15-,16-/m1/s1. The molecule has 1 aromatic heterocycles. The van der Waals surface area contributed by atoms with Crippen LogP contribution in [0.5, 0.6) is 11.5 Å². The van der Waals surface area contributed by atoms with Gasteiger partial charge >= 0.3 is 0 Å². The summed E-state index contributed by atoms with van der Waals surface area (Å²) in [4.78, 5) is 4.35. The lowest BCUT2D eigenvalue weighted by molar-refractivity contribution is 0.379. The first kappa shape index (κ1) is 16.3. The van der Waals surface area contributed by atoms with E-state index in [9.17, 15) is 0 Å². The van der Waals surface area contributed by atoms with Crippen molar-refractivity contribution in [3.8, 4) is 11.5 Å². The molecule has 7 nitrogen and oxygen atoms in total. The summed E-state index contributed by atoms with van der Waals surface area (Å²) in [6.45, 7) is 0. The first-order chi connectivity index (χ1) is 12.7. The Kier molecular flexibility index (Phi) is 4.12. The van der Waals surface area contributed by atoms with Gasteiger partial charge in [0.2, 0.25) is 11.9 Å². The summed E-state index contributed by atoms with van der Waals surface area (Å²) in [6, 6.07) is 16.0. The van der Waals surface area contributed by atoms with Crippen LogP contribution in [0, 0.1) is 0 Å². The van der Waals surface area contributed by atoms with Crippen LogP contribution in [0.25, 0.3) is 0 Å². The van der Waals surface area contributed by atoms with Crippen LogP contribution < -0.4 is 20.5 Å². The molecule has 2 heterocycles. The second-order valence-corrected chi connectivity index (χ2v) is 6.21. The molecular weight excluding hydrogens is 330 g/mol. The van der Waals surface area contributed by atoms with E-state index in [4.69, 9.17) is 15.2 Å². The molecule has 134 valence electrons. The average Bonchev–Trinajstić information content (AvgIpc) is 3.07. The van der Waals surface area contributed by atoms with Gasteiger partial charge in [-0.3, -0.25) is 0 Å². The van der Waals surface area contributed by atoms with Gasteiger partial charge in [-0.05, 0) is 30.2 Å². The van der Waals surface area contributed by atoms with E-state index in [1.807, 2.05) is 41.1 Å². The zero-order valence-electron chi connectivity index (χ0n) is 14.7. The fraction of sp³-hybridized carbons (Fsp3) is 0.263. The quantitative estimate of drug-likeness (QED) is 0.751. The van der Waals surface area contributed by atoms with Crippen molar-refractivity contribution in [2.45, 2.75) is 18.5 Å². The molecule has 0 saturated carbocycles. The van der Waals surface area contributed by atoms with Gasteiger partial charge in [0, 0.05) is 5.56 Å². The van der Waals surface area contributed by atoms with Crippen LogP contribution >= 0.6 is 0 Å². The zero-order chi connectivity index (χ0) is 18.1. The minimum Gasteiger partial charge on any atom is -0.497 e. The molecule has 0 amide bonds. The maximum Gasteiger partial charge on any atom is 0.241 e. The number of hydrogen-bond acceptors (Lipinski definition) is 6. The molecule has 2 aromatic carbocycles. The molecule has 0 aliphatic carbocycles. The number of anilines is 2. The Balaban J connectivity index is 1.78. The molecule has 0 unspecified atom stereocenters. The monoisotopic (exact) mass is 351 g/mol. The Morgan fingerprint density at radius 3 is 2.77 bits per heavy atom. The Morgan fingerprint density at radius 1 is 1.12 bits per heavy atom. The van der Waals surface area contributed by atoms with Crippen molar-refractivity contribution in [1.29, 1.82) is 0 Å². The fourth-order valence-corrected chi connectivity index (χ4v) is 3.47. The number of nitrogens with two attached hydrogens (primary N) is 1. The summed E-state index contributed by atoms with van der Waals surface area (Å²) < 4.78 is 12.8. The van der Waals surface area contributed by atoms with E-state index in [1.165, 1.54) is 0 Å². The van der Waals surface area contributed by atoms with E-state index in [0.717, 1.165) is 29.0 Å². The third-order valence-corrected chi connectivity index (χ3v) is 4.70. The van der Waals surface area contributed by atoms with Crippen LogP contribution in [0.3, 0.4) is 0 Å². The number of aromatic nitrogens is 3. The molecule has 4 rings (SSSR count). The highest BCUT2D eigenvalue weighted by Gasteiger charge is 2.32. The summed E-state index contributed by atoms with van der Waals surface area (Å²) in [5.41, 5.74) is 8.04. The lowest BCUT2D eigenvalue weighted by Crippen LogP contribution is -2.28. The molecule has 0 radical (unpaired) electrons. The van der Waals surface area contributed by atoms with Gasteiger partial charge in [0.05, 0.1) is 26.3 Å². The fourth-order valence-electron chi connectivity index (χ4n) is 3.47. The van der Waals surface area contributed by atoms with Crippen LogP contribution in [0.15, 0.2) is 48.5 Å². The van der Waals surface area contributed by atoms with E-state index >= 15 is 0 Å². The Bertz CT molecular complexity index is 924. The molecule has 3 aromatic rings. The number of nitrogens with one attached hydrogen (secondary N) is 1. The van der Waals surface area contributed by atoms with Crippen molar-refractivity contribution in [2.75, 3.05) is 25.3 Å². The smallest absolute Gasteiger partial charge is 0.241 e. The molecular formula is C19H21N5O2. The highest BCUT2D eigenvalue weighted by molar-refractivity contribution is 5.45. The van der Waals surface area contributed by atoms with Gasteiger partial charge in [0.15, 0.2) is 0 Å². The second-order valence-electron chi connectivity index (χ2n) is 6.21. The van der Waals surface area contributed by atoms with Crippen molar-refractivity contribution in [3.63, 3.8) is 0 Å². The van der Waals surface area contributed by atoms with Crippen LogP contribution in [0.1, 0.15) is 29.6 Å². The molecule has 1 aliphatic rings. The van der Waals surface area contributed by atoms with Crippen LogP contribution in [0.2, 0.25) is 0 Å². The second kappa shape index (κ2) is 6.59. The maximum absolute atomic E-state index is 5.86. The molecule has 26 heavy (non-hydrogen) atoms. The van der Waals surface area contributed by atoms with Gasteiger partial charge in [-0.25, -0.2) is 4.68 Å². The van der Waals surface area contributed by atoms with E-state index in [0.29, 0.717) is 5.95 Å². The molecule has 0 saturated heterocycles. The van der Waals surface area contributed by atoms with Crippen molar-refractivity contribution < 1.29 is 9.47 Å². The van der Waals surface area contributed by atoms with Crippen molar-refractivity contribution in [3.05, 3.63) is 59.7 Å². The predicted octanol–water partition coefficient (Wildman–Crippen LogP) is 3.02. The van der Waals surface area contributed by atoms with Crippen LogP contribution in [-0.4, -0.2) is 29.0 Å². The van der Waals surface area contributed by atoms with Crippen LogP contribution in [-0.2, 0) is 0 Å². The summed E-state index contributed by atoms with van der Waals surface area (Å²) in [7, 11) is 3.35. The van der Waals surface area contributed by atoms with Gasteiger partial charge in [-0.15, -0.1) is 5.10 Å². The lowest BCUT2D eigenvalue weighted by Gasteiger charge is -2.32. The molecule has 3 N–H and O–H groups in total. The van der Waals surface area contributed by atoms with Crippen molar-refractivity contribution in [2.24, 2.45) is 0 Å². The van der Waals surface area contributed by atoms with Gasteiger partial charge in [-0.1, -0.05) is 30.3 Å². The van der Waals surface area contributed by atoms with Crippen LogP contribution in [0.4, 0.5) is 11.9 Å². The number of fused-ring (bicyclic) bond motifs is 1. The number of para-hydroxylation sites is 1. The Morgan fingerprint density at radius 2 is 1.96 bits per heavy atom. The molecule has 0 spiro atoms. The van der Waals surface area contributed by atoms with E-state index in [1.54, 1.807) is 14.2 Å². The number of hydrogen-bond donors (Lipinski definition) is 2. The topological polar surface area (TPSA) is 87.2 Å². The first-order valence-corrected chi connectivity index (χ1v) is 8.45. The number of rotatable bonds is 4. The highest BCUT2D eigenvalue weighted by atomic mass is 16.5. The van der Waals surface area contributed by atoms with Crippen molar-refractivity contribution >= 4 is 11.9 Å². The third kappa shape index (κ3) is 2.81. The van der Waals surface area contributed by atoms with Gasteiger partial charge in [0.25, 0.3) is 0 Å². The van der Waals surface area contributed by atoms with Crippen molar-refractivity contribution in [1.82, 2.24) is 14.8 Å². The average molecular weight is 351 g/mol. The number of nitrogen functional groups attached to an aromatic ring is 1. The maximum atomic E-state index is 5.86. The van der Waals surface area contributed by atoms with Gasteiger partial charge in [-0.2, -0.15) is 4.98 Å². The molecule has 0 bridgehead atoms. The van der Waals surface area contributed by atoms with E-state index in [2.05, 4.69) is 27.5 Å². The largest absolute Gasteiger partial charge is 0.497 e. The number of nitrogens with zero attached hydrogens (tertiary/aromatic N) is 3. The highest BCUT2D eigenvalue weighted by Crippen LogP contribution is 2.41. The SMILES string of the molecule is COc1cccc([C@H]2C[C@H](c3ccccc3OC)n3nc(N)nc3N2)c1. The zero-order valence-corrected chi connectivity index (χ0v) is 14.7.